The Morgan fingerprint density at radius 1 is 1.73 bits per heavy atom. The molecule has 84 valence electrons. The third-order valence-corrected chi connectivity index (χ3v) is 2.01. The molecular formula is C11H18N2O2. The summed E-state index contributed by atoms with van der Waals surface area (Å²) in [6.07, 6.45) is 2.11. The molecule has 0 aliphatic carbocycles. The standard InChI is InChI=1S/C11H18N2O2/c1-4-8-13(10(3)6-7-12)9-11(14)15-5-2/h4,10H,1,5-6,8-9H2,2-3H3. The molecule has 0 amide bonds. The van der Waals surface area contributed by atoms with Gasteiger partial charge in [-0.15, -0.1) is 6.58 Å². The van der Waals surface area contributed by atoms with Crippen molar-refractivity contribution < 1.29 is 9.53 Å². The maximum Gasteiger partial charge on any atom is 0.320 e. The molecule has 0 aromatic carbocycles. The lowest BCUT2D eigenvalue weighted by Crippen LogP contribution is -2.38. The molecule has 0 radical (unpaired) electrons. The summed E-state index contributed by atoms with van der Waals surface area (Å²) in [5.74, 6) is -0.260. The molecule has 1 unspecified atom stereocenters. The Hall–Kier alpha value is -1.34. The van der Waals surface area contributed by atoms with E-state index in [2.05, 4.69) is 12.6 Å². The Morgan fingerprint density at radius 3 is 2.87 bits per heavy atom. The number of nitrogens with zero attached hydrogens (tertiary/aromatic N) is 2. The van der Waals surface area contributed by atoms with E-state index < -0.39 is 0 Å². The number of hydrogen-bond acceptors (Lipinski definition) is 4. The van der Waals surface area contributed by atoms with Gasteiger partial charge in [0.15, 0.2) is 0 Å². The zero-order valence-electron chi connectivity index (χ0n) is 9.40. The van der Waals surface area contributed by atoms with Gasteiger partial charge in [0.1, 0.15) is 0 Å². The highest BCUT2D eigenvalue weighted by atomic mass is 16.5. The van der Waals surface area contributed by atoms with Crippen LogP contribution in [-0.4, -0.2) is 36.6 Å². The van der Waals surface area contributed by atoms with Gasteiger partial charge in [-0.1, -0.05) is 6.08 Å². The quantitative estimate of drug-likeness (QED) is 0.470. The second-order valence-corrected chi connectivity index (χ2v) is 3.23. The van der Waals surface area contributed by atoms with E-state index in [0.717, 1.165) is 0 Å². The molecule has 0 saturated carbocycles. The Labute approximate surface area is 91.1 Å². The van der Waals surface area contributed by atoms with E-state index in [1.807, 2.05) is 11.8 Å². The lowest BCUT2D eigenvalue weighted by molar-refractivity contribution is -0.144. The number of rotatable bonds is 7. The van der Waals surface area contributed by atoms with Crippen LogP contribution >= 0.6 is 0 Å². The molecule has 1 atom stereocenters. The average Bonchev–Trinajstić information content (AvgIpc) is 2.18. The smallest absolute Gasteiger partial charge is 0.320 e. The highest BCUT2D eigenvalue weighted by Gasteiger charge is 2.16. The van der Waals surface area contributed by atoms with Crippen LogP contribution in [0.2, 0.25) is 0 Å². The van der Waals surface area contributed by atoms with Crippen LogP contribution < -0.4 is 0 Å². The van der Waals surface area contributed by atoms with Crippen LogP contribution in [0, 0.1) is 11.3 Å². The normalized spacial score (nSPS) is 11.9. The maximum atomic E-state index is 11.3. The summed E-state index contributed by atoms with van der Waals surface area (Å²) >= 11 is 0. The maximum absolute atomic E-state index is 11.3. The fourth-order valence-electron chi connectivity index (χ4n) is 1.20. The third-order valence-electron chi connectivity index (χ3n) is 2.01. The Balaban J connectivity index is 4.20. The SMILES string of the molecule is C=CCN(CC(=O)OCC)C(C)CC#N. The number of ether oxygens (including phenoxy) is 1. The zero-order valence-corrected chi connectivity index (χ0v) is 9.40. The number of carbonyl (C=O) groups excluding carboxylic acids is 1. The van der Waals surface area contributed by atoms with Gasteiger partial charge in [-0.05, 0) is 13.8 Å². The predicted octanol–water partition coefficient (Wildman–Crippen LogP) is 1.34. The molecule has 4 heteroatoms. The fraction of sp³-hybridized carbons (Fsp3) is 0.636. The molecule has 0 aliphatic heterocycles. The minimum atomic E-state index is -0.260. The highest BCUT2D eigenvalue weighted by Crippen LogP contribution is 2.03. The van der Waals surface area contributed by atoms with Crippen molar-refractivity contribution in [1.82, 2.24) is 4.90 Å². The molecule has 0 aromatic rings. The summed E-state index contributed by atoms with van der Waals surface area (Å²) in [4.78, 5) is 13.1. The first-order chi connectivity index (χ1) is 7.15. The molecule has 0 N–H and O–H groups in total. The van der Waals surface area contributed by atoms with Crippen LogP contribution in [0.5, 0.6) is 0 Å². The molecule has 4 nitrogen and oxygen atoms in total. The molecule has 0 rings (SSSR count). The van der Waals surface area contributed by atoms with Crippen LogP contribution in [0.1, 0.15) is 20.3 Å². The van der Waals surface area contributed by atoms with E-state index in [4.69, 9.17) is 10.00 Å². The van der Waals surface area contributed by atoms with Crippen molar-refractivity contribution in [3.63, 3.8) is 0 Å². The lowest BCUT2D eigenvalue weighted by atomic mass is 10.2. The van der Waals surface area contributed by atoms with Crippen molar-refractivity contribution in [3.8, 4) is 6.07 Å². The topological polar surface area (TPSA) is 53.3 Å². The second kappa shape index (κ2) is 8.01. The lowest BCUT2D eigenvalue weighted by Gasteiger charge is -2.24. The van der Waals surface area contributed by atoms with Gasteiger partial charge in [0.2, 0.25) is 0 Å². The molecule has 0 spiro atoms. The molecule has 0 aliphatic rings. The molecule has 0 heterocycles. The summed E-state index contributed by atoms with van der Waals surface area (Å²) in [5, 5.41) is 8.57. The van der Waals surface area contributed by atoms with Crippen molar-refractivity contribution >= 4 is 5.97 Å². The summed E-state index contributed by atoms with van der Waals surface area (Å²) < 4.78 is 4.85. The van der Waals surface area contributed by atoms with Crippen LogP contribution in [0.25, 0.3) is 0 Å². The molecule has 0 aromatic heterocycles. The Bertz CT molecular complexity index is 245. The number of esters is 1. The third kappa shape index (κ3) is 5.87. The zero-order chi connectivity index (χ0) is 11.7. The van der Waals surface area contributed by atoms with Crippen molar-refractivity contribution in [2.45, 2.75) is 26.3 Å². The largest absolute Gasteiger partial charge is 0.465 e. The molecule has 0 saturated heterocycles. The second-order valence-electron chi connectivity index (χ2n) is 3.23. The van der Waals surface area contributed by atoms with E-state index in [-0.39, 0.29) is 18.6 Å². The van der Waals surface area contributed by atoms with Gasteiger partial charge in [-0.25, -0.2) is 0 Å². The van der Waals surface area contributed by atoms with Crippen LogP contribution in [-0.2, 0) is 9.53 Å². The van der Waals surface area contributed by atoms with Crippen LogP contribution in [0.3, 0.4) is 0 Å². The van der Waals surface area contributed by atoms with Crippen molar-refractivity contribution in [3.05, 3.63) is 12.7 Å². The van der Waals surface area contributed by atoms with E-state index in [1.54, 1.807) is 13.0 Å². The monoisotopic (exact) mass is 210 g/mol. The first-order valence-electron chi connectivity index (χ1n) is 5.03. The van der Waals surface area contributed by atoms with E-state index >= 15 is 0 Å². The Kier molecular flexibility index (Phi) is 7.29. The Morgan fingerprint density at radius 2 is 2.40 bits per heavy atom. The summed E-state index contributed by atoms with van der Waals surface area (Å²) in [6.45, 7) is 8.48. The van der Waals surface area contributed by atoms with Gasteiger partial charge in [0, 0.05) is 12.6 Å². The van der Waals surface area contributed by atoms with E-state index in [0.29, 0.717) is 19.6 Å². The molecule has 0 fully saturated rings. The van der Waals surface area contributed by atoms with Gasteiger partial charge < -0.3 is 4.74 Å². The minimum absolute atomic E-state index is 0.0393. The van der Waals surface area contributed by atoms with Gasteiger partial charge in [-0.2, -0.15) is 5.26 Å². The molecule has 15 heavy (non-hydrogen) atoms. The molecule has 0 bridgehead atoms. The van der Waals surface area contributed by atoms with Crippen LogP contribution in [0.15, 0.2) is 12.7 Å². The van der Waals surface area contributed by atoms with E-state index in [1.165, 1.54) is 0 Å². The van der Waals surface area contributed by atoms with Gasteiger partial charge >= 0.3 is 5.97 Å². The van der Waals surface area contributed by atoms with Crippen LogP contribution in [0.4, 0.5) is 0 Å². The minimum Gasteiger partial charge on any atom is -0.465 e. The summed E-state index contributed by atoms with van der Waals surface area (Å²) in [6, 6.07) is 2.12. The average molecular weight is 210 g/mol. The fourth-order valence-corrected chi connectivity index (χ4v) is 1.20. The summed E-state index contributed by atoms with van der Waals surface area (Å²) in [5.41, 5.74) is 0. The number of nitriles is 1. The van der Waals surface area contributed by atoms with Gasteiger partial charge in [-0.3, -0.25) is 9.69 Å². The first-order valence-corrected chi connectivity index (χ1v) is 5.03. The van der Waals surface area contributed by atoms with Crippen molar-refractivity contribution in [2.75, 3.05) is 19.7 Å². The number of carbonyl (C=O) groups is 1. The van der Waals surface area contributed by atoms with Crippen molar-refractivity contribution in [1.29, 1.82) is 5.26 Å². The van der Waals surface area contributed by atoms with Gasteiger partial charge in [0.25, 0.3) is 0 Å². The number of hydrogen-bond donors (Lipinski definition) is 0. The predicted molar refractivity (Wildman–Crippen MR) is 58.1 cm³/mol. The van der Waals surface area contributed by atoms with E-state index in [9.17, 15) is 4.79 Å². The summed E-state index contributed by atoms with van der Waals surface area (Å²) in [7, 11) is 0. The highest BCUT2D eigenvalue weighted by molar-refractivity contribution is 5.71. The first kappa shape index (κ1) is 13.7. The van der Waals surface area contributed by atoms with Gasteiger partial charge in [0.05, 0.1) is 25.6 Å². The van der Waals surface area contributed by atoms with Crippen molar-refractivity contribution in [2.24, 2.45) is 0 Å². The molecular weight excluding hydrogens is 192 g/mol.